The lowest BCUT2D eigenvalue weighted by Crippen LogP contribution is -2.48. The summed E-state index contributed by atoms with van der Waals surface area (Å²) >= 11 is 1.59. The lowest BCUT2D eigenvalue weighted by molar-refractivity contribution is 0.383. The quantitative estimate of drug-likeness (QED) is 0.901. The van der Waals surface area contributed by atoms with Crippen LogP contribution >= 0.6 is 11.3 Å². The van der Waals surface area contributed by atoms with Crippen molar-refractivity contribution in [3.05, 3.63) is 23.6 Å². The van der Waals surface area contributed by atoms with Crippen LogP contribution < -0.4 is 4.90 Å². The number of thiazole rings is 1. The summed E-state index contributed by atoms with van der Waals surface area (Å²) in [7, 11) is -3.45. The number of nitrogens with zero attached hydrogens (tertiary/aromatic N) is 4. The lowest BCUT2D eigenvalue weighted by atomic mass is 10.4. The van der Waals surface area contributed by atoms with E-state index in [4.69, 9.17) is 0 Å². The molecule has 7 nitrogen and oxygen atoms in total. The molecule has 1 N–H and O–H groups in total. The van der Waals surface area contributed by atoms with Crippen molar-refractivity contribution in [1.82, 2.24) is 19.3 Å². The van der Waals surface area contributed by atoms with E-state index in [9.17, 15) is 8.42 Å². The van der Waals surface area contributed by atoms with Gasteiger partial charge in [-0.05, 0) is 6.92 Å². The van der Waals surface area contributed by atoms with Crippen LogP contribution in [-0.2, 0) is 10.0 Å². The Bertz CT molecular complexity index is 671. The molecule has 20 heavy (non-hydrogen) atoms. The van der Waals surface area contributed by atoms with Gasteiger partial charge in [0.15, 0.2) is 10.2 Å². The summed E-state index contributed by atoms with van der Waals surface area (Å²) in [6.07, 6.45) is 2.72. The van der Waals surface area contributed by atoms with Gasteiger partial charge in [-0.2, -0.15) is 4.31 Å². The first-order valence-corrected chi connectivity index (χ1v) is 8.55. The fraction of sp³-hybridized carbons (Fsp3) is 0.455. The Balaban J connectivity index is 1.70. The molecule has 0 bridgehead atoms. The number of aromatic nitrogens is 3. The lowest BCUT2D eigenvalue weighted by Gasteiger charge is -2.33. The highest BCUT2D eigenvalue weighted by Gasteiger charge is 2.30. The van der Waals surface area contributed by atoms with Crippen molar-refractivity contribution in [1.29, 1.82) is 0 Å². The Hall–Kier alpha value is -1.45. The maximum atomic E-state index is 12.3. The molecule has 0 spiro atoms. The van der Waals surface area contributed by atoms with Gasteiger partial charge < -0.3 is 9.88 Å². The summed E-state index contributed by atoms with van der Waals surface area (Å²) in [4.78, 5) is 13.0. The van der Waals surface area contributed by atoms with Gasteiger partial charge >= 0.3 is 0 Å². The molecule has 0 saturated carbocycles. The number of anilines is 1. The minimum Gasteiger partial charge on any atom is -0.345 e. The van der Waals surface area contributed by atoms with Crippen molar-refractivity contribution >= 4 is 26.5 Å². The molecular formula is C11H15N5O2S2. The summed E-state index contributed by atoms with van der Waals surface area (Å²) in [5.74, 6) is 0. The number of hydrogen-bond acceptors (Lipinski definition) is 6. The molecule has 1 saturated heterocycles. The van der Waals surface area contributed by atoms with Crippen molar-refractivity contribution in [3.63, 3.8) is 0 Å². The van der Waals surface area contributed by atoms with Crippen molar-refractivity contribution < 1.29 is 8.42 Å². The third-order valence-electron chi connectivity index (χ3n) is 3.21. The zero-order valence-electron chi connectivity index (χ0n) is 11.0. The predicted molar refractivity (Wildman–Crippen MR) is 76.4 cm³/mol. The Labute approximate surface area is 121 Å². The molecule has 0 unspecified atom stereocenters. The van der Waals surface area contributed by atoms with Crippen molar-refractivity contribution in [3.8, 4) is 0 Å². The van der Waals surface area contributed by atoms with E-state index in [0.717, 1.165) is 10.8 Å². The first-order chi connectivity index (χ1) is 9.57. The molecule has 0 aliphatic carbocycles. The molecular weight excluding hydrogens is 298 g/mol. The zero-order chi connectivity index (χ0) is 14.2. The van der Waals surface area contributed by atoms with Crippen molar-refractivity contribution in [2.75, 3.05) is 31.1 Å². The summed E-state index contributed by atoms with van der Waals surface area (Å²) in [6.45, 7) is 4.18. The SMILES string of the molecule is Cc1csc(N2CCN(S(=O)(=O)c3cnc[nH]3)CC2)n1. The highest BCUT2D eigenvalue weighted by atomic mass is 32.2. The molecule has 3 rings (SSSR count). The molecule has 0 amide bonds. The average molecular weight is 313 g/mol. The van der Waals surface area contributed by atoms with E-state index in [1.165, 1.54) is 16.8 Å². The first-order valence-electron chi connectivity index (χ1n) is 6.23. The standard InChI is InChI=1S/C11H15N5O2S2/c1-9-7-19-11(14-9)15-2-4-16(5-3-15)20(17,18)10-6-12-8-13-10/h6-8H,2-5H2,1H3,(H,12,13). The van der Waals surface area contributed by atoms with E-state index in [1.54, 1.807) is 11.3 Å². The molecule has 108 valence electrons. The van der Waals surface area contributed by atoms with Gasteiger partial charge in [0.25, 0.3) is 10.0 Å². The van der Waals surface area contributed by atoms with Gasteiger partial charge in [0.1, 0.15) is 0 Å². The van der Waals surface area contributed by atoms with Gasteiger partial charge in [-0.25, -0.2) is 18.4 Å². The normalized spacial score (nSPS) is 17.6. The van der Waals surface area contributed by atoms with Gasteiger partial charge in [-0.1, -0.05) is 0 Å². The number of rotatable bonds is 3. The van der Waals surface area contributed by atoms with Gasteiger partial charge in [0.05, 0.1) is 18.2 Å². The first kappa shape index (κ1) is 13.5. The van der Waals surface area contributed by atoms with Gasteiger partial charge in [-0.3, -0.25) is 0 Å². The second kappa shape index (κ2) is 5.15. The Morgan fingerprint density at radius 2 is 2.05 bits per heavy atom. The molecule has 2 aromatic heterocycles. The fourth-order valence-electron chi connectivity index (χ4n) is 2.13. The third-order valence-corrected chi connectivity index (χ3v) is 6.05. The van der Waals surface area contributed by atoms with Crippen LogP contribution in [-0.4, -0.2) is 53.9 Å². The molecule has 3 heterocycles. The molecule has 1 aliphatic rings. The van der Waals surface area contributed by atoms with E-state index in [-0.39, 0.29) is 5.03 Å². The van der Waals surface area contributed by atoms with Crippen LogP contribution in [0.3, 0.4) is 0 Å². The van der Waals surface area contributed by atoms with Crippen LogP contribution in [0.15, 0.2) is 22.9 Å². The number of aromatic amines is 1. The highest BCUT2D eigenvalue weighted by molar-refractivity contribution is 7.89. The molecule has 0 atom stereocenters. The molecule has 1 fully saturated rings. The molecule has 2 aromatic rings. The Kier molecular flexibility index (Phi) is 3.48. The van der Waals surface area contributed by atoms with Crippen LogP contribution in [0.4, 0.5) is 5.13 Å². The van der Waals surface area contributed by atoms with E-state index < -0.39 is 10.0 Å². The molecule has 0 radical (unpaired) electrons. The largest absolute Gasteiger partial charge is 0.345 e. The number of hydrogen-bond donors (Lipinski definition) is 1. The maximum Gasteiger partial charge on any atom is 0.260 e. The molecule has 0 aromatic carbocycles. The van der Waals surface area contributed by atoms with Crippen LogP contribution in [0.1, 0.15) is 5.69 Å². The van der Waals surface area contributed by atoms with Gasteiger partial charge in [0.2, 0.25) is 0 Å². The minimum absolute atomic E-state index is 0.149. The Morgan fingerprint density at radius 3 is 2.60 bits per heavy atom. The van der Waals surface area contributed by atoms with Crippen LogP contribution in [0.25, 0.3) is 0 Å². The van der Waals surface area contributed by atoms with Crippen LogP contribution in [0, 0.1) is 6.92 Å². The monoisotopic (exact) mass is 313 g/mol. The topological polar surface area (TPSA) is 82.2 Å². The van der Waals surface area contributed by atoms with E-state index in [1.807, 2.05) is 12.3 Å². The van der Waals surface area contributed by atoms with E-state index in [0.29, 0.717) is 26.2 Å². The second-order valence-electron chi connectivity index (χ2n) is 4.58. The van der Waals surface area contributed by atoms with E-state index in [2.05, 4.69) is 19.9 Å². The second-order valence-corrected chi connectivity index (χ2v) is 7.32. The number of nitrogens with one attached hydrogen (secondary N) is 1. The summed E-state index contributed by atoms with van der Waals surface area (Å²) < 4.78 is 26.1. The summed E-state index contributed by atoms with van der Waals surface area (Å²) in [6, 6.07) is 0. The molecule has 1 aliphatic heterocycles. The van der Waals surface area contributed by atoms with Gasteiger partial charge in [-0.15, -0.1) is 11.3 Å². The van der Waals surface area contributed by atoms with Crippen molar-refractivity contribution in [2.24, 2.45) is 0 Å². The van der Waals surface area contributed by atoms with Crippen molar-refractivity contribution in [2.45, 2.75) is 11.9 Å². The number of sulfonamides is 1. The van der Waals surface area contributed by atoms with Crippen LogP contribution in [0.5, 0.6) is 0 Å². The molecule has 9 heteroatoms. The fourth-order valence-corrected chi connectivity index (χ4v) is 4.30. The maximum absolute atomic E-state index is 12.3. The number of H-pyrrole nitrogens is 1. The average Bonchev–Trinajstić information content (AvgIpc) is 3.10. The highest BCUT2D eigenvalue weighted by Crippen LogP contribution is 2.23. The zero-order valence-corrected chi connectivity index (χ0v) is 12.6. The summed E-state index contributed by atoms with van der Waals surface area (Å²) in [5, 5.41) is 3.11. The smallest absolute Gasteiger partial charge is 0.260 e. The third kappa shape index (κ3) is 2.43. The van der Waals surface area contributed by atoms with Crippen LogP contribution in [0.2, 0.25) is 0 Å². The summed E-state index contributed by atoms with van der Waals surface area (Å²) in [5.41, 5.74) is 0.998. The Morgan fingerprint density at radius 1 is 1.30 bits per heavy atom. The number of piperazine rings is 1. The number of aryl methyl sites for hydroxylation is 1. The minimum atomic E-state index is -3.45. The van der Waals surface area contributed by atoms with Gasteiger partial charge in [0, 0.05) is 31.6 Å². The predicted octanol–water partition coefficient (Wildman–Crippen LogP) is 0.686. The van der Waals surface area contributed by atoms with E-state index >= 15 is 0 Å². The number of imidazole rings is 1.